The Morgan fingerprint density at radius 3 is 2.36 bits per heavy atom. The van der Waals surface area contributed by atoms with E-state index in [2.05, 4.69) is 36.4 Å². The van der Waals surface area contributed by atoms with E-state index >= 15 is 0 Å². The number of amides is 1. The minimum Gasteiger partial charge on any atom is -0.294 e. The summed E-state index contributed by atoms with van der Waals surface area (Å²) in [5.41, 5.74) is 2.20. The molecule has 1 amide bonds. The number of nitrogens with zero attached hydrogens (tertiary/aromatic N) is 3. The van der Waals surface area contributed by atoms with Gasteiger partial charge in [0.25, 0.3) is 5.54 Å². The number of aryl methyl sites for hydroxylation is 1. The fraction of sp³-hybridized carbons (Fsp3) is 0.222. The minimum atomic E-state index is -1.51. The van der Waals surface area contributed by atoms with Crippen LogP contribution in [0.1, 0.15) is 47.1 Å². The van der Waals surface area contributed by atoms with E-state index in [9.17, 15) is 14.9 Å². The molecular weight excluding hydrogens is 522 g/mol. The monoisotopic (exact) mass is 543 g/mol. The summed E-state index contributed by atoms with van der Waals surface area (Å²) in [7, 11) is 0. The van der Waals surface area contributed by atoms with Crippen molar-refractivity contribution in [3.8, 4) is 11.4 Å². The van der Waals surface area contributed by atoms with E-state index in [1.807, 2.05) is 80.6 Å². The van der Waals surface area contributed by atoms with E-state index in [0.717, 1.165) is 26.7 Å². The summed E-state index contributed by atoms with van der Waals surface area (Å²) in [5, 5.41) is 22.7. The minimum absolute atomic E-state index is 0.0436. The molecule has 4 aromatic rings. The summed E-state index contributed by atoms with van der Waals surface area (Å²) in [5.74, 6) is -0.0368. The van der Waals surface area contributed by atoms with Crippen molar-refractivity contribution in [1.29, 1.82) is 0 Å². The third-order valence-corrected chi connectivity index (χ3v) is 8.73. The predicted octanol–water partition coefficient (Wildman–Crippen LogP) is 5.56. The Morgan fingerprint density at radius 2 is 1.72 bits per heavy atom. The van der Waals surface area contributed by atoms with Gasteiger partial charge in [-0.1, -0.05) is 60.7 Å². The van der Waals surface area contributed by atoms with E-state index < -0.39 is 11.0 Å². The van der Waals surface area contributed by atoms with Gasteiger partial charge in [0, 0.05) is 38.4 Å². The van der Waals surface area contributed by atoms with Crippen LogP contribution in [0.2, 0.25) is 0 Å². The number of aromatic amines is 1. The molecule has 3 aliphatic carbocycles. The van der Waals surface area contributed by atoms with Crippen LogP contribution in [0.25, 0.3) is 11.4 Å². The Morgan fingerprint density at radius 1 is 1.08 bits per heavy atom. The van der Waals surface area contributed by atoms with Gasteiger partial charge in [0.05, 0.1) is 5.41 Å². The third kappa shape index (κ3) is 2.95. The van der Waals surface area contributed by atoms with Crippen LogP contribution in [0.15, 0.2) is 71.2 Å². The normalized spacial score (nSPS) is 23.6. The fourth-order valence-electron chi connectivity index (χ4n) is 6.05. The molecule has 0 saturated heterocycles. The topological polar surface area (TPSA) is 114 Å². The molecule has 180 valence electrons. The summed E-state index contributed by atoms with van der Waals surface area (Å²) in [6, 6.07) is 20.6. The summed E-state index contributed by atoms with van der Waals surface area (Å²) in [6.45, 7) is 3.79. The maximum atomic E-state index is 13.9. The lowest BCUT2D eigenvalue weighted by Crippen LogP contribution is -2.57. The van der Waals surface area contributed by atoms with Crippen molar-refractivity contribution in [2.45, 2.75) is 31.7 Å². The molecule has 9 heteroatoms. The van der Waals surface area contributed by atoms with Crippen LogP contribution in [0.4, 0.5) is 5.95 Å². The largest absolute Gasteiger partial charge is 0.294 e. The third-order valence-electron chi connectivity index (χ3n) is 7.68. The number of rotatable bonds is 4. The number of carbonyl (C=O) groups excluding carboxylic acids is 1. The van der Waals surface area contributed by atoms with Crippen molar-refractivity contribution in [3.05, 3.63) is 109 Å². The molecule has 0 radical (unpaired) electrons. The molecule has 3 aliphatic rings. The number of carbonyl (C=O) groups is 1. The number of benzene rings is 3. The van der Waals surface area contributed by atoms with Gasteiger partial charge >= 0.3 is 0 Å². The number of fused-ring (bicyclic) bond motifs is 1. The molecule has 7 rings (SSSR count). The Kier molecular flexibility index (Phi) is 4.91. The predicted molar refractivity (Wildman–Crippen MR) is 138 cm³/mol. The highest BCUT2D eigenvalue weighted by atomic mass is 79.9. The molecule has 0 fully saturated rings. The molecule has 0 aliphatic heterocycles. The number of hydrogen-bond donors (Lipinski definition) is 2. The molecule has 8 nitrogen and oxygen atoms in total. The van der Waals surface area contributed by atoms with Gasteiger partial charge in [0.15, 0.2) is 5.82 Å². The average molecular weight is 544 g/mol. The van der Waals surface area contributed by atoms with Crippen LogP contribution < -0.4 is 5.32 Å². The van der Waals surface area contributed by atoms with Crippen LogP contribution in [-0.2, 0) is 10.3 Å². The molecule has 3 aromatic carbocycles. The first-order chi connectivity index (χ1) is 17.3. The van der Waals surface area contributed by atoms with Crippen LogP contribution in [0, 0.1) is 22.5 Å². The Bertz CT molecular complexity index is 1520. The van der Waals surface area contributed by atoms with E-state index in [0.29, 0.717) is 17.0 Å². The molecule has 2 N–H and O–H groups in total. The van der Waals surface area contributed by atoms with Gasteiger partial charge in [-0.25, -0.2) is 5.10 Å². The first-order valence-electron chi connectivity index (χ1n) is 11.6. The van der Waals surface area contributed by atoms with Crippen molar-refractivity contribution in [2.24, 2.45) is 5.41 Å². The van der Waals surface area contributed by atoms with Crippen molar-refractivity contribution >= 4 is 27.8 Å². The van der Waals surface area contributed by atoms with E-state index in [1.165, 1.54) is 0 Å². The number of H-pyrrole nitrogens is 1. The second-order valence-corrected chi connectivity index (χ2v) is 10.5. The van der Waals surface area contributed by atoms with Gasteiger partial charge in [-0.3, -0.25) is 20.2 Å². The van der Waals surface area contributed by atoms with Crippen LogP contribution >= 0.6 is 15.9 Å². The Hall–Kier alpha value is -3.85. The highest BCUT2D eigenvalue weighted by molar-refractivity contribution is 9.10. The lowest BCUT2D eigenvalue weighted by molar-refractivity contribution is -0.573. The molecule has 1 heterocycles. The second kappa shape index (κ2) is 7.83. The highest BCUT2D eigenvalue weighted by Crippen LogP contribution is 2.63. The first kappa shape index (κ1) is 22.6. The zero-order chi connectivity index (χ0) is 25.2. The van der Waals surface area contributed by atoms with Crippen molar-refractivity contribution < 1.29 is 9.72 Å². The first-order valence-corrected chi connectivity index (χ1v) is 12.4. The van der Waals surface area contributed by atoms with Gasteiger partial charge in [0.1, 0.15) is 0 Å². The molecule has 0 saturated carbocycles. The van der Waals surface area contributed by atoms with Crippen molar-refractivity contribution in [1.82, 2.24) is 15.2 Å². The number of nitrogens with one attached hydrogen (secondary N) is 2. The molecule has 2 bridgehead atoms. The highest BCUT2D eigenvalue weighted by Gasteiger charge is 2.67. The Balaban J connectivity index is 1.42. The summed E-state index contributed by atoms with van der Waals surface area (Å²) < 4.78 is 0.875. The second-order valence-electron chi connectivity index (χ2n) is 9.72. The SMILES string of the molecule is Cc1cccc(-c2n[nH]c(NC(=O)C3(C)CC4([N+](=O)[O-])c5ccccc5C3c3ccccc34)n2)c1Br. The molecule has 0 spiro atoms. The standard InChI is InChI=1S/C27H22BrN5O3/c1-15-8-7-11-18(22(15)28)23-29-25(32-31-23)30-24(34)26(2)14-27(33(35)36)19-12-5-3-9-16(19)21(26)17-10-4-6-13-20(17)27/h3-13,21H,14H2,1-2H3,(H2,29,30,31,32,34). The van der Waals surface area contributed by atoms with Crippen LogP contribution in [0.3, 0.4) is 0 Å². The molecule has 1 aromatic heterocycles. The molecule has 36 heavy (non-hydrogen) atoms. The zero-order valence-electron chi connectivity index (χ0n) is 19.6. The lowest BCUT2D eigenvalue weighted by Gasteiger charge is -2.52. The smallest absolute Gasteiger partial charge is 0.273 e. The van der Waals surface area contributed by atoms with E-state index in [1.54, 1.807) is 0 Å². The maximum absolute atomic E-state index is 13.9. The lowest BCUT2D eigenvalue weighted by atomic mass is 9.49. The molecular formula is C27H22BrN5O3. The Labute approximate surface area is 215 Å². The maximum Gasteiger partial charge on any atom is 0.273 e. The summed E-state index contributed by atoms with van der Waals surface area (Å²) >= 11 is 3.58. The van der Waals surface area contributed by atoms with Gasteiger partial charge in [-0.05, 0) is 52.5 Å². The van der Waals surface area contributed by atoms with Gasteiger partial charge in [-0.2, -0.15) is 10.1 Å². The zero-order valence-corrected chi connectivity index (χ0v) is 21.2. The average Bonchev–Trinajstić information content (AvgIpc) is 3.33. The number of anilines is 1. The summed E-state index contributed by atoms with van der Waals surface area (Å²) in [6.07, 6.45) is 0.0436. The van der Waals surface area contributed by atoms with Crippen molar-refractivity contribution in [3.63, 3.8) is 0 Å². The summed E-state index contributed by atoms with van der Waals surface area (Å²) in [4.78, 5) is 30.9. The van der Waals surface area contributed by atoms with Gasteiger partial charge < -0.3 is 0 Å². The number of nitro groups is 1. The van der Waals surface area contributed by atoms with Crippen LogP contribution in [-0.4, -0.2) is 26.0 Å². The fourth-order valence-corrected chi connectivity index (χ4v) is 6.50. The van der Waals surface area contributed by atoms with E-state index in [-0.39, 0.29) is 29.1 Å². The molecule has 1 atom stereocenters. The van der Waals surface area contributed by atoms with Gasteiger partial charge in [0.2, 0.25) is 11.9 Å². The number of aromatic nitrogens is 3. The number of hydrogen-bond acceptors (Lipinski definition) is 5. The molecule has 1 unspecified atom stereocenters. The quantitative estimate of drug-likeness (QED) is 0.258. The van der Waals surface area contributed by atoms with Crippen molar-refractivity contribution in [2.75, 3.05) is 5.32 Å². The van der Waals surface area contributed by atoms with E-state index in [4.69, 9.17) is 0 Å². The number of halogens is 1. The van der Waals surface area contributed by atoms with Gasteiger partial charge in [-0.15, -0.1) is 0 Å². The van der Waals surface area contributed by atoms with Crippen LogP contribution in [0.5, 0.6) is 0 Å².